The summed E-state index contributed by atoms with van der Waals surface area (Å²) in [5.41, 5.74) is 1.55. The first-order chi connectivity index (χ1) is 15.8. The Morgan fingerprint density at radius 3 is 2.06 bits per heavy atom. The van der Waals surface area contributed by atoms with Crippen LogP contribution in [0.4, 0.5) is 34.6 Å². The van der Waals surface area contributed by atoms with Gasteiger partial charge in [0.25, 0.3) is 0 Å². The fourth-order valence-corrected chi connectivity index (χ4v) is 4.35. The van der Waals surface area contributed by atoms with Crippen LogP contribution < -0.4 is 11.1 Å². The molecule has 0 bridgehead atoms. The third kappa shape index (κ3) is 3.69. The molecule has 3 N–H and O–H groups in total. The van der Waals surface area contributed by atoms with Gasteiger partial charge in [0.2, 0.25) is 0 Å². The van der Waals surface area contributed by atoms with Crippen molar-refractivity contribution in [3.63, 3.8) is 0 Å². The summed E-state index contributed by atoms with van der Waals surface area (Å²) in [6, 6.07) is 7.62. The molecule has 0 aliphatic heterocycles. The molecule has 0 heterocycles. The van der Waals surface area contributed by atoms with Gasteiger partial charge in [0.15, 0.2) is 11.6 Å². The standard InChI is InChI=1S/C21H11F4N3O5S/c22-10-5-9(21(23,24)25)6-11(7-10)27-14-8-15(34(32,33)28-31)18(26)17-16(14)19(29)12-3-1-2-4-13(12)20(17)30/h1-8,27H,26H2. The molecule has 0 saturated heterocycles. The van der Waals surface area contributed by atoms with E-state index in [4.69, 9.17) is 5.73 Å². The monoisotopic (exact) mass is 493 g/mol. The Bertz CT molecular complexity index is 1520. The van der Waals surface area contributed by atoms with Crippen molar-refractivity contribution in [3.8, 4) is 0 Å². The van der Waals surface area contributed by atoms with Gasteiger partial charge in [0, 0.05) is 16.8 Å². The first kappa shape index (κ1) is 23.0. The third-order valence-corrected chi connectivity index (χ3v) is 6.17. The predicted molar refractivity (Wildman–Crippen MR) is 112 cm³/mol. The van der Waals surface area contributed by atoms with E-state index in [1.165, 1.54) is 24.3 Å². The number of nitrogens with one attached hydrogen (secondary N) is 1. The SMILES string of the molecule is Nc1c(S(=O)(=O)N=O)cc(Nc2cc(F)cc(C(F)(F)F)c2)c2c1C(=O)c1ccccc1C2=O. The van der Waals surface area contributed by atoms with Gasteiger partial charge in [0.05, 0.1) is 32.6 Å². The molecule has 8 nitrogen and oxygen atoms in total. The van der Waals surface area contributed by atoms with Crippen LogP contribution in [-0.2, 0) is 16.2 Å². The van der Waals surface area contributed by atoms with Crippen LogP contribution in [0, 0.1) is 10.7 Å². The minimum Gasteiger partial charge on any atom is -0.397 e. The molecule has 4 rings (SSSR count). The number of nitrogens with zero attached hydrogens (tertiary/aromatic N) is 1. The lowest BCUT2D eigenvalue weighted by Crippen LogP contribution is -2.25. The molecule has 3 aromatic rings. The second-order valence-electron chi connectivity index (χ2n) is 7.19. The highest BCUT2D eigenvalue weighted by Gasteiger charge is 2.37. The van der Waals surface area contributed by atoms with Gasteiger partial charge >= 0.3 is 16.2 Å². The second-order valence-corrected chi connectivity index (χ2v) is 8.73. The zero-order valence-corrected chi connectivity index (χ0v) is 17.4. The largest absolute Gasteiger partial charge is 0.416 e. The maximum atomic E-state index is 13.9. The number of nitrogens with two attached hydrogens (primary N) is 1. The van der Waals surface area contributed by atoms with Crippen LogP contribution in [0.25, 0.3) is 0 Å². The predicted octanol–water partition coefficient (Wildman–Crippen LogP) is 4.40. The zero-order chi connectivity index (χ0) is 25.0. The summed E-state index contributed by atoms with van der Waals surface area (Å²) in [6.07, 6.45) is -4.92. The lowest BCUT2D eigenvalue weighted by atomic mass is 9.82. The summed E-state index contributed by atoms with van der Waals surface area (Å²) in [6.45, 7) is 0. The highest BCUT2D eigenvalue weighted by molar-refractivity contribution is 7.90. The fraction of sp³-hybridized carbons (Fsp3) is 0.0476. The number of anilines is 3. The lowest BCUT2D eigenvalue weighted by Gasteiger charge is -2.23. The fourth-order valence-electron chi connectivity index (χ4n) is 3.63. The van der Waals surface area contributed by atoms with Gasteiger partial charge in [-0.15, -0.1) is 4.91 Å². The van der Waals surface area contributed by atoms with Crippen LogP contribution >= 0.6 is 0 Å². The Morgan fingerprint density at radius 1 is 0.912 bits per heavy atom. The molecular formula is C21H11F4N3O5S. The van der Waals surface area contributed by atoms with Crippen LogP contribution in [0.1, 0.15) is 37.4 Å². The summed E-state index contributed by atoms with van der Waals surface area (Å²) in [4.78, 5) is 36.3. The summed E-state index contributed by atoms with van der Waals surface area (Å²) in [7, 11) is -4.95. The highest BCUT2D eigenvalue weighted by Crippen LogP contribution is 2.41. The minimum absolute atomic E-state index is 0.0678. The number of carbonyl (C=O) groups excluding carboxylic acids is 2. The van der Waals surface area contributed by atoms with Gasteiger partial charge in [-0.3, -0.25) is 9.59 Å². The molecule has 0 unspecified atom stereocenters. The number of nitrogen functional groups attached to an aromatic ring is 1. The van der Waals surface area contributed by atoms with Crippen LogP contribution in [0.5, 0.6) is 0 Å². The van der Waals surface area contributed by atoms with Crippen molar-refractivity contribution in [2.45, 2.75) is 11.1 Å². The number of alkyl halides is 3. The number of halogens is 4. The van der Waals surface area contributed by atoms with E-state index in [-0.39, 0.29) is 17.2 Å². The van der Waals surface area contributed by atoms with Gasteiger partial charge in [-0.2, -0.15) is 21.6 Å². The van der Waals surface area contributed by atoms with Crippen molar-refractivity contribution in [1.29, 1.82) is 0 Å². The van der Waals surface area contributed by atoms with Gasteiger partial charge in [-0.1, -0.05) is 24.3 Å². The average Bonchev–Trinajstić information content (AvgIpc) is 2.77. The Balaban J connectivity index is 2.02. The summed E-state index contributed by atoms with van der Waals surface area (Å²) < 4.78 is 79.6. The third-order valence-electron chi connectivity index (χ3n) is 5.08. The number of hydrogen-bond acceptors (Lipinski definition) is 7. The quantitative estimate of drug-likeness (QED) is 0.244. The van der Waals surface area contributed by atoms with Crippen molar-refractivity contribution in [2.24, 2.45) is 4.58 Å². The second kappa shape index (κ2) is 7.73. The smallest absolute Gasteiger partial charge is 0.397 e. The molecule has 0 radical (unpaired) electrons. The minimum atomic E-state index is -4.95. The number of fused-ring (bicyclic) bond motifs is 2. The van der Waals surface area contributed by atoms with Crippen molar-refractivity contribution in [1.82, 2.24) is 0 Å². The van der Waals surface area contributed by atoms with Crippen molar-refractivity contribution in [3.05, 3.63) is 87.1 Å². The molecule has 34 heavy (non-hydrogen) atoms. The maximum Gasteiger partial charge on any atom is 0.416 e. The van der Waals surface area contributed by atoms with E-state index in [0.717, 1.165) is 0 Å². The van der Waals surface area contributed by atoms with Crippen molar-refractivity contribution in [2.75, 3.05) is 11.1 Å². The molecule has 1 aliphatic carbocycles. The van der Waals surface area contributed by atoms with E-state index in [2.05, 4.69) is 5.32 Å². The van der Waals surface area contributed by atoms with E-state index in [1.807, 2.05) is 4.58 Å². The van der Waals surface area contributed by atoms with E-state index in [0.29, 0.717) is 18.2 Å². The summed E-state index contributed by atoms with van der Waals surface area (Å²) in [5.74, 6) is -2.93. The number of hydrogen-bond donors (Lipinski definition) is 2. The van der Waals surface area contributed by atoms with Crippen LogP contribution in [-0.4, -0.2) is 20.0 Å². The molecule has 3 aromatic carbocycles. The molecule has 0 aromatic heterocycles. The molecule has 0 saturated carbocycles. The normalized spacial score (nSPS) is 13.3. The van der Waals surface area contributed by atoms with Gasteiger partial charge in [-0.05, 0) is 24.3 Å². The Hall–Kier alpha value is -4.13. The summed E-state index contributed by atoms with van der Waals surface area (Å²) >= 11 is 0. The Morgan fingerprint density at radius 2 is 1.50 bits per heavy atom. The van der Waals surface area contributed by atoms with E-state index >= 15 is 0 Å². The van der Waals surface area contributed by atoms with E-state index < -0.39 is 72.2 Å². The number of ketones is 2. The van der Waals surface area contributed by atoms with Gasteiger partial charge < -0.3 is 11.1 Å². The van der Waals surface area contributed by atoms with Crippen LogP contribution in [0.2, 0.25) is 0 Å². The Kier molecular flexibility index (Phi) is 5.24. The number of rotatable bonds is 4. The molecule has 0 spiro atoms. The van der Waals surface area contributed by atoms with Crippen LogP contribution in [0.15, 0.2) is 58.0 Å². The highest BCUT2D eigenvalue weighted by atomic mass is 32.2. The first-order valence-electron chi connectivity index (χ1n) is 9.24. The number of nitroso groups, excluding NO2 is 1. The van der Waals surface area contributed by atoms with Crippen molar-refractivity contribution >= 4 is 38.7 Å². The summed E-state index contributed by atoms with van der Waals surface area (Å²) in [5, 5.41) is 2.35. The number of carbonyl (C=O) groups is 2. The molecule has 0 amide bonds. The first-order valence-corrected chi connectivity index (χ1v) is 10.7. The molecule has 0 fully saturated rings. The molecule has 1 aliphatic rings. The molecule has 0 atom stereocenters. The molecule has 13 heteroatoms. The van der Waals surface area contributed by atoms with E-state index in [1.54, 1.807) is 0 Å². The Labute approximate surface area is 188 Å². The van der Waals surface area contributed by atoms with Gasteiger partial charge in [0.1, 0.15) is 10.7 Å². The van der Waals surface area contributed by atoms with E-state index in [9.17, 15) is 40.5 Å². The van der Waals surface area contributed by atoms with Crippen molar-refractivity contribution < 1.29 is 35.6 Å². The zero-order valence-electron chi connectivity index (χ0n) is 16.6. The average molecular weight is 493 g/mol. The number of benzene rings is 3. The number of sulfonamides is 1. The molecule has 174 valence electrons. The van der Waals surface area contributed by atoms with Crippen LogP contribution in [0.3, 0.4) is 0 Å². The molecular weight excluding hydrogens is 482 g/mol. The van der Waals surface area contributed by atoms with Gasteiger partial charge in [-0.25, -0.2) is 4.39 Å². The maximum absolute atomic E-state index is 13.9. The topological polar surface area (TPSA) is 136 Å². The lowest BCUT2D eigenvalue weighted by molar-refractivity contribution is -0.137.